The van der Waals surface area contributed by atoms with E-state index in [0.717, 1.165) is 31.4 Å². The first-order chi connectivity index (χ1) is 9.27. The number of carbonyl (C=O) groups excluding carboxylic acids is 1. The molecule has 19 heavy (non-hydrogen) atoms. The maximum Gasteiger partial charge on any atom is 0.246 e. The molecule has 98 valence electrons. The number of carbonyl (C=O) groups is 1. The Labute approximate surface area is 114 Å². The number of amides is 1. The highest BCUT2D eigenvalue weighted by atomic mass is 16.2. The Hall–Kier alpha value is -2.08. The summed E-state index contributed by atoms with van der Waals surface area (Å²) in [7, 11) is 0. The highest BCUT2D eigenvalue weighted by molar-refractivity contribution is 5.87. The van der Waals surface area contributed by atoms with Gasteiger partial charge in [0, 0.05) is 6.54 Å². The van der Waals surface area contributed by atoms with Crippen LogP contribution in [0.1, 0.15) is 30.7 Å². The van der Waals surface area contributed by atoms with Gasteiger partial charge in [0.1, 0.15) is 0 Å². The molecule has 0 spiro atoms. The minimum atomic E-state index is -0.259. The van der Waals surface area contributed by atoms with Gasteiger partial charge in [-0.2, -0.15) is 5.26 Å². The Morgan fingerprint density at radius 3 is 2.79 bits per heavy atom. The number of nitriles is 1. The summed E-state index contributed by atoms with van der Waals surface area (Å²) in [4.78, 5) is 13.7. The van der Waals surface area contributed by atoms with Crippen molar-refractivity contribution in [2.75, 3.05) is 6.54 Å². The lowest BCUT2D eigenvalue weighted by atomic mass is 9.86. The molecule has 0 radical (unpaired) electrons. The van der Waals surface area contributed by atoms with Crippen LogP contribution in [-0.2, 0) is 4.79 Å². The van der Waals surface area contributed by atoms with Crippen LogP contribution in [0.3, 0.4) is 0 Å². The third-order valence-electron chi connectivity index (χ3n) is 3.69. The largest absolute Gasteiger partial charge is 0.335 e. The molecule has 1 aliphatic rings. The summed E-state index contributed by atoms with van der Waals surface area (Å²) in [6.45, 7) is 4.28. The quantitative estimate of drug-likeness (QED) is 0.778. The second-order valence-electron chi connectivity index (χ2n) is 4.82. The van der Waals surface area contributed by atoms with E-state index in [0.29, 0.717) is 0 Å². The molecule has 0 aliphatic carbocycles. The van der Waals surface area contributed by atoms with Gasteiger partial charge in [-0.3, -0.25) is 4.79 Å². The Balaban J connectivity index is 2.28. The van der Waals surface area contributed by atoms with Gasteiger partial charge >= 0.3 is 0 Å². The van der Waals surface area contributed by atoms with Crippen molar-refractivity contribution in [3.8, 4) is 6.07 Å². The zero-order valence-corrected chi connectivity index (χ0v) is 11.0. The second-order valence-corrected chi connectivity index (χ2v) is 4.82. The van der Waals surface area contributed by atoms with E-state index in [9.17, 15) is 10.1 Å². The van der Waals surface area contributed by atoms with Gasteiger partial charge in [0.15, 0.2) is 0 Å². The molecule has 0 aromatic heterocycles. The van der Waals surface area contributed by atoms with Crippen LogP contribution < -0.4 is 0 Å². The Morgan fingerprint density at radius 1 is 1.42 bits per heavy atom. The molecular formula is C16H18N2O. The number of piperidine rings is 1. The van der Waals surface area contributed by atoms with Gasteiger partial charge in [-0.05, 0) is 30.9 Å². The number of likely N-dealkylation sites (tertiary alicyclic amines) is 1. The number of hydrogen-bond donors (Lipinski definition) is 0. The lowest BCUT2D eigenvalue weighted by Gasteiger charge is -2.37. The predicted molar refractivity (Wildman–Crippen MR) is 74.3 cm³/mol. The van der Waals surface area contributed by atoms with Gasteiger partial charge in [-0.15, -0.1) is 0 Å². The van der Waals surface area contributed by atoms with Gasteiger partial charge in [0.2, 0.25) is 5.91 Å². The van der Waals surface area contributed by atoms with E-state index in [1.165, 1.54) is 6.08 Å². The van der Waals surface area contributed by atoms with Crippen molar-refractivity contribution in [1.29, 1.82) is 5.26 Å². The smallest absolute Gasteiger partial charge is 0.246 e. The fraction of sp³-hybridized carbons (Fsp3) is 0.375. The van der Waals surface area contributed by atoms with Crippen molar-refractivity contribution in [1.82, 2.24) is 4.90 Å². The van der Waals surface area contributed by atoms with Crippen molar-refractivity contribution in [2.24, 2.45) is 0 Å². The first kappa shape index (κ1) is 13.4. The molecule has 3 nitrogen and oxygen atoms in total. The average molecular weight is 254 g/mol. The van der Waals surface area contributed by atoms with E-state index in [2.05, 4.69) is 12.6 Å². The topological polar surface area (TPSA) is 44.1 Å². The molecule has 2 unspecified atom stereocenters. The Morgan fingerprint density at radius 2 is 2.16 bits per heavy atom. The van der Waals surface area contributed by atoms with Crippen LogP contribution in [0.5, 0.6) is 0 Å². The van der Waals surface area contributed by atoms with Crippen LogP contribution in [-0.4, -0.2) is 23.4 Å². The summed E-state index contributed by atoms with van der Waals surface area (Å²) in [5, 5.41) is 9.49. The van der Waals surface area contributed by atoms with Gasteiger partial charge < -0.3 is 4.90 Å². The third kappa shape index (κ3) is 2.85. The van der Waals surface area contributed by atoms with Crippen molar-refractivity contribution < 1.29 is 4.79 Å². The summed E-state index contributed by atoms with van der Waals surface area (Å²) in [6.07, 6.45) is 4.30. The molecule has 3 heteroatoms. The fourth-order valence-electron chi connectivity index (χ4n) is 2.74. The number of rotatable bonds is 3. The van der Waals surface area contributed by atoms with E-state index >= 15 is 0 Å². The summed E-state index contributed by atoms with van der Waals surface area (Å²) in [6, 6.07) is 12.0. The van der Waals surface area contributed by atoms with E-state index in [4.69, 9.17) is 0 Å². The van der Waals surface area contributed by atoms with Crippen molar-refractivity contribution in [2.45, 2.75) is 31.2 Å². The summed E-state index contributed by atoms with van der Waals surface area (Å²) >= 11 is 0. The minimum absolute atomic E-state index is 0.0355. The van der Waals surface area contributed by atoms with Gasteiger partial charge in [-0.25, -0.2) is 0 Å². The molecule has 1 amide bonds. The zero-order chi connectivity index (χ0) is 13.7. The van der Waals surface area contributed by atoms with Gasteiger partial charge in [0.25, 0.3) is 0 Å². The van der Waals surface area contributed by atoms with Crippen molar-refractivity contribution >= 4 is 5.91 Å². The predicted octanol–water partition coefficient (Wildman–Crippen LogP) is 2.86. The normalized spacial score (nSPS) is 20.4. The molecule has 1 heterocycles. The molecule has 2 atom stereocenters. The molecule has 1 fully saturated rings. The summed E-state index contributed by atoms with van der Waals surface area (Å²) in [5.74, 6) is -0.328. The minimum Gasteiger partial charge on any atom is -0.335 e. The molecule has 0 bridgehead atoms. The average Bonchev–Trinajstić information content (AvgIpc) is 2.49. The van der Waals surface area contributed by atoms with Crippen LogP contribution in [0, 0.1) is 11.3 Å². The number of hydrogen-bond acceptors (Lipinski definition) is 2. The Kier molecular flexibility index (Phi) is 4.35. The van der Waals surface area contributed by atoms with E-state index in [1.54, 1.807) is 4.90 Å². The van der Waals surface area contributed by atoms with Gasteiger partial charge in [0.05, 0.1) is 18.0 Å². The molecule has 0 N–H and O–H groups in total. The highest BCUT2D eigenvalue weighted by Gasteiger charge is 2.32. The molecule has 1 saturated heterocycles. The van der Waals surface area contributed by atoms with Crippen LogP contribution in [0.2, 0.25) is 0 Å². The lowest BCUT2D eigenvalue weighted by Crippen LogP contribution is -2.45. The molecule has 0 saturated carbocycles. The van der Waals surface area contributed by atoms with E-state index in [1.807, 2.05) is 30.3 Å². The maximum atomic E-state index is 11.9. The lowest BCUT2D eigenvalue weighted by molar-refractivity contribution is -0.129. The standard InChI is InChI=1S/C16H18N2O/c1-2-16(19)18-11-7-6-10-15(18)14(12-17)13-8-4-3-5-9-13/h2-5,8-9,14-15H,1,6-7,10-11H2. The van der Waals surface area contributed by atoms with Crippen LogP contribution >= 0.6 is 0 Å². The first-order valence-electron chi connectivity index (χ1n) is 6.65. The van der Waals surface area contributed by atoms with Crippen LogP contribution in [0.15, 0.2) is 43.0 Å². The highest BCUT2D eigenvalue weighted by Crippen LogP contribution is 2.30. The number of nitrogens with zero attached hydrogens (tertiary/aromatic N) is 2. The third-order valence-corrected chi connectivity index (χ3v) is 3.69. The monoisotopic (exact) mass is 254 g/mol. The fourth-order valence-corrected chi connectivity index (χ4v) is 2.74. The van der Waals surface area contributed by atoms with Crippen molar-refractivity contribution in [3.05, 3.63) is 48.6 Å². The second kappa shape index (κ2) is 6.19. The molecular weight excluding hydrogens is 236 g/mol. The van der Waals surface area contributed by atoms with Crippen LogP contribution in [0.4, 0.5) is 0 Å². The SMILES string of the molecule is C=CC(=O)N1CCCCC1C(C#N)c1ccccc1. The van der Waals surface area contributed by atoms with Gasteiger partial charge in [-0.1, -0.05) is 36.9 Å². The molecule has 1 aliphatic heterocycles. The van der Waals surface area contributed by atoms with E-state index < -0.39 is 0 Å². The molecule has 1 aromatic carbocycles. The van der Waals surface area contributed by atoms with E-state index in [-0.39, 0.29) is 17.9 Å². The van der Waals surface area contributed by atoms with Crippen LogP contribution in [0.25, 0.3) is 0 Å². The number of benzene rings is 1. The molecule has 2 rings (SSSR count). The summed E-state index contributed by atoms with van der Waals surface area (Å²) < 4.78 is 0. The molecule has 1 aromatic rings. The van der Waals surface area contributed by atoms with Crippen molar-refractivity contribution in [3.63, 3.8) is 0 Å². The summed E-state index contributed by atoms with van der Waals surface area (Å²) in [5.41, 5.74) is 0.985. The Bertz CT molecular complexity index is 489. The maximum absolute atomic E-state index is 11.9. The first-order valence-corrected chi connectivity index (χ1v) is 6.65. The zero-order valence-electron chi connectivity index (χ0n) is 11.0.